The summed E-state index contributed by atoms with van der Waals surface area (Å²) in [5, 5.41) is 5.63. The van der Waals surface area contributed by atoms with Gasteiger partial charge in [0.25, 0.3) is 5.91 Å². The number of carbonyl (C=O) groups excluding carboxylic acids is 2. The smallest absolute Gasteiger partial charge is 0.329 e. The molecule has 2 bridgehead atoms. The molecule has 9 heteroatoms. The molecule has 0 aromatic carbocycles. The van der Waals surface area contributed by atoms with E-state index in [1.54, 1.807) is 11.0 Å². The standard InChI is InChI=1S/C20H21FN6O2/c21-13-3-6-17(22-10-13)25-20(29)27-14-7-8-26(11-14)16-5-4-15(24-18(16)27)19(28)23-9-12-1-2-12/h3-6,10,12,14H,1-2,7-9,11H2,(H,23,28)(H,22,25,29). The summed E-state index contributed by atoms with van der Waals surface area (Å²) in [6, 6.07) is 5.78. The fraction of sp³-hybridized carbons (Fsp3) is 0.400. The highest BCUT2D eigenvalue weighted by Crippen LogP contribution is 2.39. The second-order valence-electron chi connectivity index (χ2n) is 7.74. The molecule has 5 rings (SSSR count). The van der Waals surface area contributed by atoms with Crippen molar-refractivity contribution in [3.8, 4) is 0 Å². The van der Waals surface area contributed by atoms with Crippen molar-refractivity contribution in [3.05, 3.63) is 42.0 Å². The number of nitrogens with zero attached hydrogens (tertiary/aromatic N) is 4. The van der Waals surface area contributed by atoms with Gasteiger partial charge in [0.05, 0.1) is 17.9 Å². The third-order valence-electron chi connectivity index (χ3n) is 5.61. The molecule has 1 saturated carbocycles. The van der Waals surface area contributed by atoms with Gasteiger partial charge in [-0.1, -0.05) is 0 Å². The number of carbonyl (C=O) groups is 2. The molecular formula is C20H21FN6O2. The molecule has 2 aliphatic heterocycles. The molecule has 0 radical (unpaired) electrons. The van der Waals surface area contributed by atoms with Crippen molar-refractivity contribution < 1.29 is 14.0 Å². The zero-order valence-corrected chi connectivity index (χ0v) is 15.8. The number of anilines is 3. The molecule has 3 amide bonds. The summed E-state index contributed by atoms with van der Waals surface area (Å²) < 4.78 is 13.1. The number of hydrogen-bond acceptors (Lipinski definition) is 5. The Kier molecular flexibility index (Phi) is 4.30. The molecule has 3 aliphatic rings. The summed E-state index contributed by atoms with van der Waals surface area (Å²) in [5.41, 5.74) is 1.13. The molecule has 4 heterocycles. The first-order chi connectivity index (χ1) is 14.1. The highest BCUT2D eigenvalue weighted by Gasteiger charge is 2.40. The normalized spacial score (nSPS) is 19.7. The largest absolute Gasteiger partial charge is 0.366 e. The maximum atomic E-state index is 13.1. The van der Waals surface area contributed by atoms with E-state index in [1.165, 1.54) is 12.1 Å². The predicted octanol–water partition coefficient (Wildman–Crippen LogP) is 2.39. The van der Waals surface area contributed by atoms with Gasteiger partial charge in [0.15, 0.2) is 5.82 Å². The van der Waals surface area contributed by atoms with Crippen LogP contribution < -0.4 is 20.4 Å². The molecule has 2 fully saturated rings. The van der Waals surface area contributed by atoms with Crippen molar-refractivity contribution in [2.75, 3.05) is 34.8 Å². The summed E-state index contributed by atoms with van der Waals surface area (Å²) in [6.07, 6.45) is 4.17. The summed E-state index contributed by atoms with van der Waals surface area (Å²) in [7, 11) is 0. The van der Waals surface area contributed by atoms with Crippen LogP contribution in [0.3, 0.4) is 0 Å². The number of aromatic nitrogens is 2. The van der Waals surface area contributed by atoms with E-state index in [2.05, 4.69) is 25.5 Å². The first-order valence-corrected chi connectivity index (χ1v) is 9.84. The van der Waals surface area contributed by atoms with Crippen molar-refractivity contribution in [2.24, 2.45) is 5.92 Å². The second kappa shape index (κ2) is 6.98. The van der Waals surface area contributed by atoms with Crippen molar-refractivity contribution in [3.63, 3.8) is 0 Å². The van der Waals surface area contributed by atoms with Gasteiger partial charge in [0.1, 0.15) is 17.3 Å². The van der Waals surface area contributed by atoms with Crippen molar-refractivity contribution in [1.82, 2.24) is 15.3 Å². The number of halogens is 1. The lowest BCUT2D eigenvalue weighted by Gasteiger charge is -2.35. The Balaban J connectivity index is 1.42. The first kappa shape index (κ1) is 17.8. The number of amides is 3. The lowest BCUT2D eigenvalue weighted by atomic mass is 10.1. The number of hydrogen-bond donors (Lipinski definition) is 2. The Hall–Kier alpha value is -3.23. The Morgan fingerprint density at radius 2 is 2.03 bits per heavy atom. The van der Waals surface area contributed by atoms with Gasteiger partial charge in [0, 0.05) is 19.6 Å². The molecule has 1 atom stereocenters. The maximum absolute atomic E-state index is 13.1. The predicted molar refractivity (Wildman–Crippen MR) is 106 cm³/mol. The van der Waals surface area contributed by atoms with E-state index >= 15 is 0 Å². The third-order valence-corrected chi connectivity index (χ3v) is 5.61. The maximum Gasteiger partial charge on any atom is 0.329 e. The highest BCUT2D eigenvalue weighted by atomic mass is 19.1. The zero-order valence-electron chi connectivity index (χ0n) is 15.8. The lowest BCUT2D eigenvalue weighted by Crippen LogP contribution is -2.48. The Labute approximate surface area is 167 Å². The van der Waals surface area contributed by atoms with Crippen LogP contribution in [0.4, 0.5) is 26.5 Å². The molecule has 150 valence electrons. The van der Waals surface area contributed by atoms with E-state index in [-0.39, 0.29) is 23.8 Å². The van der Waals surface area contributed by atoms with Gasteiger partial charge in [-0.05, 0) is 49.4 Å². The molecule has 2 N–H and O–H groups in total. The van der Waals surface area contributed by atoms with Crippen LogP contribution in [0.2, 0.25) is 0 Å². The number of rotatable bonds is 4. The van der Waals surface area contributed by atoms with E-state index in [9.17, 15) is 14.0 Å². The fourth-order valence-corrected chi connectivity index (χ4v) is 3.87. The summed E-state index contributed by atoms with van der Waals surface area (Å²) in [5.74, 6) is 0.604. The van der Waals surface area contributed by atoms with Gasteiger partial charge < -0.3 is 10.2 Å². The Bertz CT molecular complexity index is 962. The minimum atomic E-state index is -0.471. The molecule has 1 aliphatic carbocycles. The van der Waals surface area contributed by atoms with Gasteiger partial charge in [0.2, 0.25) is 0 Å². The van der Waals surface area contributed by atoms with Gasteiger partial charge in [-0.2, -0.15) is 0 Å². The quantitative estimate of drug-likeness (QED) is 0.828. The fourth-order valence-electron chi connectivity index (χ4n) is 3.87. The lowest BCUT2D eigenvalue weighted by molar-refractivity contribution is 0.0947. The molecule has 1 saturated heterocycles. The van der Waals surface area contributed by atoms with Crippen LogP contribution in [0.15, 0.2) is 30.5 Å². The average molecular weight is 396 g/mol. The van der Waals surface area contributed by atoms with E-state index in [4.69, 9.17) is 0 Å². The molecule has 1 unspecified atom stereocenters. The molecule has 8 nitrogen and oxygen atoms in total. The zero-order chi connectivity index (χ0) is 20.0. The van der Waals surface area contributed by atoms with Crippen LogP contribution in [0, 0.1) is 11.7 Å². The van der Waals surface area contributed by atoms with Crippen LogP contribution in [-0.4, -0.2) is 47.6 Å². The Morgan fingerprint density at radius 3 is 2.79 bits per heavy atom. The van der Waals surface area contributed by atoms with Gasteiger partial charge in [-0.25, -0.2) is 19.2 Å². The van der Waals surface area contributed by atoms with E-state index < -0.39 is 5.82 Å². The SMILES string of the molecule is O=C(NCC1CC1)c1ccc2c(n1)N(C(=O)Nc1ccc(F)cn1)C1CCN2C1. The molecule has 0 spiro atoms. The third kappa shape index (κ3) is 3.48. The van der Waals surface area contributed by atoms with Crippen LogP contribution in [-0.2, 0) is 0 Å². The molecular weight excluding hydrogens is 375 g/mol. The molecule has 2 aromatic rings. The van der Waals surface area contributed by atoms with Crippen LogP contribution >= 0.6 is 0 Å². The summed E-state index contributed by atoms with van der Waals surface area (Å²) in [6.45, 7) is 2.20. The summed E-state index contributed by atoms with van der Waals surface area (Å²) in [4.78, 5) is 37.7. The first-order valence-electron chi connectivity index (χ1n) is 9.84. The van der Waals surface area contributed by atoms with Gasteiger partial charge in [-0.15, -0.1) is 0 Å². The number of urea groups is 1. The van der Waals surface area contributed by atoms with Crippen LogP contribution in [0.5, 0.6) is 0 Å². The Morgan fingerprint density at radius 1 is 1.17 bits per heavy atom. The number of nitrogens with one attached hydrogen (secondary N) is 2. The van der Waals surface area contributed by atoms with Crippen LogP contribution in [0.25, 0.3) is 0 Å². The van der Waals surface area contributed by atoms with E-state index in [0.717, 1.165) is 37.7 Å². The highest BCUT2D eigenvalue weighted by molar-refractivity contribution is 6.05. The summed E-state index contributed by atoms with van der Waals surface area (Å²) >= 11 is 0. The average Bonchev–Trinajstić information content (AvgIpc) is 3.47. The van der Waals surface area contributed by atoms with Gasteiger partial charge in [-0.3, -0.25) is 15.0 Å². The minimum absolute atomic E-state index is 0.0415. The number of fused-ring (bicyclic) bond motifs is 4. The van der Waals surface area contributed by atoms with Gasteiger partial charge >= 0.3 is 6.03 Å². The second-order valence-corrected chi connectivity index (χ2v) is 7.74. The monoisotopic (exact) mass is 396 g/mol. The molecule has 29 heavy (non-hydrogen) atoms. The van der Waals surface area contributed by atoms with E-state index in [0.29, 0.717) is 30.5 Å². The number of pyridine rings is 2. The minimum Gasteiger partial charge on any atom is -0.366 e. The van der Waals surface area contributed by atoms with Crippen molar-refractivity contribution in [1.29, 1.82) is 0 Å². The van der Waals surface area contributed by atoms with Crippen molar-refractivity contribution >= 4 is 29.3 Å². The van der Waals surface area contributed by atoms with Crippen molar-refractivity contribution in [2.45, 2.75) is 25.3 Å². The molecule has 2 aromatic heterocycles. The van der Waals surface area contributed by atoms with E-state index in [1.807, 2.05) is 6.07 Å². The van der Waals surface area contributed by atoms with Crippen LogP contribution in [0.1, 0.15) is 29.8 Å². The topological polar surface area (TPSA) is 90.5 Å².